The average Bonchev–Trinajstić information content (AvgIpc) is 2.69. The van der Waals surface area contributed by atoms with Gasteiger partial charge in [-0.2, -0.15) is 0 Å². The highest BCUT2D eigenvalue weighted by atomic mass is 16.3. The Morgan fingerprint density at radius 3 is 2.39 bits per heavy atom. The van der Waals surface area contributed by atoms with E-state index < -0.39 is 0 Å². The summed E-state index contributed by atoms with van der Waals surface area (Å²) in [6, 6.07) is 12.6. The van der Waals surface area contributed by atoms with Gasteiger partial charge in [-0.1, -0.05) is 30.3 Å². The molecule has 1 unspecified atom stereocenters. The van der Waals surface area contributed by atoms with Crippen molar-refractivity contribution in [2.45, 2.75) is 12.3 Å². The third-order valence-corrected chi connectivity index (χ3v) is 3.41. The van der Waals surface area contributed by atoms with Crippen LogP contribution in [-0.4, -0.2) is 16.0 Å². The fourth-order valence-electron chi connectivity index (χ4n) is 2.51. The van der Waals surface area contributed by atoms with E-state index in [0.717, 1.165) is 11.1 Å². The molecule has 0 saturated heterocycles. The number of hydrogen-bond donors (Lipinski definition) is 2. The molecule has 3 rings (SSSR count). The van der Waals surface area contributed by atoms with Gasteiger partial charge in [0, 0.05) is 17.9 Å². The standard InChI is InChI=1S/C15H12O3/c16-13-6-10(9-4-2-1-3-5-9)11-7-14(17)15(18)8-12(11)13/h1-5,7-8,10,17-18H,6H2. The van der Waals surface area contributed by atoms with Crippen molar-refractivity contribution in [1.82, 2.24) is 0 Å². The lowest BCUT2D eigenvalue weighted by Crippen LogP contribution is -1.96. The third kappa shape index (κ3) is 1.56. The van der Waals surface area contributed by atoms with Gasteiger partial charge in [-0.05, 0) is 23.3 Å². The molecule has 1 aliphatic rings. The Labute approximate surface area is 104 Å². The van der Waals surface area contributed by atoms with Gasteiger partial charge in [0.25, 0.3) is 0 Å². The molecular formula is C15H12O3. The molecule has 0 radical (unpaired) electrons. The van der Waals surface area contributed by atoms with E-state index >= 15 is 0 Å². The molecule has 2 aromatic rings. The predicted molar refractivity (Wildman–Crippen MR) is 67.0 cm³/mol. The number of rotatable bonds is 1. The molecule has 2 aromatic carbocycles. The minimum absolute atomic E-state index is 0.00848. The molecule has 0 spiro atoms. The lowest BCUT2D eigenvalue weighted by molar-refractivity contribution is 0.0991. The van der Waals surface area contributed by atoms with E-state index in [0.29, 0.717) is 12.0 Å². The number of benzene rings is 2. The molecule has 0 aliphatic heterocycles. The van der Waals surface area contributed by atoms with Crippen molar-refractivity contribution in [1.29, 1.82) is 0 Å². The van der Waals surface area contributed by atoms with Crippen LogP contribution in [0.1, 0.15) is 33.8 Å². The van der Waals surface area contributed by atoms with E-state index in [9.17, 15) is 15.0 Å². The van der Waals surface area contributed by atoms with Gasteiger partial charge in [0.2, 0.25) is 0 Å². The van der Waals surface area contributed by atoms with Crippen molar-refractivity contribution in [2.24, 2.45) is 0 Å². The van der Waals surface area contributed by atoms with Crippen molar-refractivity contribution in [3.05, 3.63) is 59.2 Å². The van der Waals surface area contributed by atoms with Crippen LogP contribution in [0.5, 0.6) is 11.5 Å². The monoisotopic (exact) mass is 240 g/mol. The summed E-state index contributed by atoms with van der Waals surface area (Å²) in [6.45, 7) is 0. The highest BCUT2D eigenvalue weighted by molar-refractivity contribution is 6.02. The highest BCUT2D eigenvalue weighted by Crippen LogP contribution is 2.42. The van der Waals surface area contributed by atoms with Gasteiger partial charge in [-0.15, -0.1) is 0 Å². The van der Waals surface area contributed by atoms with Gasteiger partial charge >= 0.3 is 0 Å². The summed E-state index contributed by atoms with van der Waals surface area (Å²) in [5.41, 5.74) is 2.36. The van der Waals surface area contributed by atoms with Crippen molar-refractivity contribution in [2.75, 3.05) is 0 Å². The Balaban J connectivity index is 2.14. The lowest BCUT2D eigenvalue weighted by Gasteiger charge is -2.11. The van der Waals surface area contributed by atoms with E-state index in [4.69, 9.17) is 0 Å². The first-order valence-corrected chi connectivity index (χ1v) is 5.81. The van der Waals surface area contributed by atoms with E-state index in [-0.39, 0.29) is 23.2 Å². The van der Waals surface area contributed by atoms with Gasteiger partial charge in [-0.3, -0.25) is 4.79 Å². The largest absolute Gasteiger partial charge is 0.504 e. The average molecular weight is 240 g/mol. The van der Waals surface area contributed by atoms with Crippen molar-refractivity contribution < 1.29 is 15.0 Å². The van der Waals surface area contributed by atoms with Gasteiger partial charge in [0.1, 0.15) is 0 Å². The van der Waals surface area contributed by atoms with Crippen LogP contribution in [0.4, 0.5) is 0 Å². The smallest absolute Gasteiger partial charge is 0.164 e. The molecule has 1 aliphatic carbocycles. The summed E-state index contributed by atoms with van der Waals surface area (Å²) in [7, 11) is 0. The van der Waals surface area contributed by atoms with Crippen molar-refractivity contribution in [3.63, 3.8) is 0 Å². The number of Topliss-reactive ketones (excluding diaryl/α,β-unsaturated/α-hetero) is 1. The SMILES string of the molecule is O=C1CC(c2ccccc2)c2cc(O)c(O)cc21. The Morgan fingerprint density at radius 2 is 1.67 bits per heavy atom. The molecule has 90 valence electrons. The quantitative estimate of drug-likeness (QED) is 0.753. The summed E-state index contributed by atoms with van der Waals surface area (Å²) < 4.78 is 0. The number of fused-ring (bicyclic) bond motifs is 1. The van der Waals surface area contributed by atoms with Gasteiger partial charge in [0.05, 0.1) is 0 Å². The van der Waals surface area contributed by atoms with Crippen LogP contribution in [0.2, 0.25) is 0 Å². The van der Waals surface area contributed by atoms with Crippen LogP contribution < -0.4 is 0 Å². The summed E-state index contributed by atoms with van der Waals surface area (Å²) >= 11 is 0. The summed E-state index contributed by atoms with van der Waals surface area (Å²) in [5.74, 6) is -0.436. The molecule has 0 heterocycles. The molecule has 3 nitrogen and oxygen atoms in total. The number of aromatic hydroxyl groups is 2. The van der Waals surface area contributed by atoms with E-state index in [2.05, 4.69) is 0 Å². The predicted octanol–water partition coefficient (Wildman–Crippen LogP) is 2.82. The molecule has 18 heavy (non-hydrogen) atoms. The van der Waals surface area contributed by atoms with E-state index in [1.54, 1.807) is 0 Å². The van der Waals surface area contributed by atoms with Crippen LogP contribution >= 0.6 is 0 Å². The molecule has 0 saturated carbocycles. The maximum Gasteiger partial charge on any atom is 0.164 e. The van der Waals surface area contributed by atoms with E-state index in [1.165, 1.54) is 12.1 Å². The van der Waals surface area contributed by atoms with Crippen LogP contribution in [0.25, 0.3) is 0 Å². The second kappa shape index (κ2) is 3.88. The Hall–Kier alpha value is -2.29. The second-order valence-electron chi connectivity index (χ2n) is 4.52. The second-order valence-corrected chi connectivity index (χ2v) is 4.52. The fraction of sp³-hybridized carbons (Fsp3) is 0.133. The van der Waals surface area contributed by atoms with Crippen LogP contribution in [-0.2, 0) is 0 Å². The normalized spacial score (nSPS) is 17.8. The Morgan fingerprint density at radius 1 is 1.00 bits per heavy atom. The number of phenolic OH excluding ortho intramolecular Hbond substituents is 2. The summed E-state index contributed by atoms with van der Waals surface area (Å²) in [6.07, 6.45) is 0.391. The Kier molecular flexibility index (Phi) is 2.33. The summed E-state index contributed by atoms with van der Waals surface area (Å²) in [5, 5.41) is 19.0. The van der Waals surface area contributed by atoms with Crippen LogP contribution in [0, 0.1) is 0 Å². The molecule has 2 N–H and O–H groups in total. The number of phenols is 2. The zero-order valence-electron chi connectivity index (χ0n) is 9.63. The number of ketones is 1. The van der Waals surface area contributed by atoms with Gasteiger partial charge < -0.3 is 10.2 Å². The van der Waals surface area contributed by atoms with Gasteiger partial charge in [0.15, 0.2) is 17.3 Å². The molecular weight excluding hydrogens is 228 g/mol. The highest BCUT2D eigenvalue weighted by Gasteiger charge is 2.31. The molecule has 0 amide bonds. The zero-order chi connectivity index (χ0) is 12.7. The number of carbonyl (C=O) groups is 1. The first-order chi connectivity index (χ1) is 8.66. The first kappa shape index (κ1) is 10.8. The van der Waals surface area contributed by atoms with Crippen molar-refractivity contribution >= 4 is 5.78 Å². The van der Waals surface area contributed by atoms with Gasteiger partial charge in [-0.25, -0.2) is 0 Å². The Bertz CT molecular complexity index is 617. The third-order valence-electron chi connectivity index (χ3n) is 3.41. The van der Waals surface area contributed by atoms with Crippen LogP contribution in [0.15, 0.2) is 42.5 Å². The fourth-order valence-corrected chi connectivity index (χ4v) is 2.51. The topological polar surface area (TPSA) is 57.5 Å². The number of hydrogen-bond acceptors (Lipinski definition) is 3. The molecule has 0 aromatic heterocycles. The zero-order valence-corrected chi connectivity index (χ0v) is 9.63. The minimum atomic E-state index is -0.240. The molecule has 0 bridgehead atoms. The molecule has 3 heteroatoms. The van der Waals surface area contributed by atoms with E-state index in [1.807, 2.05) is 30.3 Å². The van der Waals surface area contributed by atoms with Crippen molar-refractivity contribution in [3.8, 4) is 11.5 Å². The van der Waals surface area contributed by atoms with Crippen LogP contribution in [0.3, 0.4) is 0 Å². The maximum absolute atomic E-state index is 11.9. The number of carbonyl (C=O) groups excluding carboxylic acids is 1. The first-order valence-electron chi connectivity index (χ1n) is 5.81. The minimum Gasteiger partial charge on any atom is -0.504 e. The maximum atomic E-state index is 11.9. The lowest BCUT2D eigenvalue weighted by atomic mass is 9.93. The molecule has 0 fully saturated rings. The molecule has 1 atom stereocenters. The summed E-state index contributed by atoms with van der Waals surface area (Å²) in [4.78, 5) is 11.9.